The topological polar surface area (TPSA) is 17.1 Å². The van der Waals surface area contributed by atoms with Crippen LogP contribution in [-0.4, -0.2) is 5.78 Å². The quantitative estimate of drug-likeness (QED) is 0.633. The van der Waals surface area contributed by atoms with Gasteiger partial charge in [-0.1, -0.05) is 59.8 Å². The predicted molar refractivity (Wildman–Crippen MR) is 76.6 cm³/mol. The molecule has 1 rings (SSSR count). The van der Waals surface area contributed by atoms with Crippen LogP contribution in [0.2, 0.25) is 5.02 Å². The average Bonchev–Trinajstić information content (AvgIpc) is 2.28. The van der Waals surface area contributed by atoms with Crippen molar-refractivity contribution in [2.75, 3.05) is 0 Å². The summed E-state index contributed by atoms with van der Waals surface area (Å²) in [5.41, 5.74) is 0.926. The van der Waals surface area contributed by atoms with E-state index in [1.165, 1.54) is 12.8 Å². The summed E-state index contributed by atoms with van der Waals surface area (Å²) < 4.78 is 0.946. The Morgan fingerprint density at radius 2 is 2.06 bits per heavy atom. The van der Waals surface area contributed by atoms with Crippen LogP contribution >= 0.6 is 27.5 Å². The molecule has 0 aliphatic rings. The summed E-state index contributed by atoms with van der Waals surface area (Å²) in [5.74, 6) is 0.283. The summed E-state index contributed by atoms with van der Waals surface area (Å²) in [7, 11) is 0. The van der Waals surface area contributed by atoms with Crippen LogP contribution in [0.15, 0.2) is 22.7 Å². The van der Waals surface area contributed by atoms with Crippen molar-refractivity contribution in [3.05, 3.63) is 33.3 Å². The molecule has 3 heteroatoms. The van der Waals surface area contributed by atoms with Crippen molar-refractivity contribution in [3.63, 3.8) is 0 Å². The lowest BCUT2D eigenvalue weighted by Gasteiger charge is -2.04. The van der Waals surface area contributed by atoms with Crippen LogP contribution < -0.4 is 0 Å². The van der Waals surface area contributed by atoms with E-state index < -0.39 is 0 Å². The van der Waals surface area contributed by atoms with Crippen LogP contribution in [0.1, 0.15) is 44.6 Å². The van der Waals surface area contributed by atoms with E-state index in [1.807, 2.05) is 18.2 Å². The van der Waals surface area contributed by atoms with Crippen LogP contribution in [0.5, 0.6) is 0 Å². The van der Waals surface area contributed by atoms with Crippen LogP contribution in [0, 0.1) is 0 Å². The van der Waals surface area contributed by atoms with E-state index in [1.54, 1.807) is 0 Å². The third kappa shape index (κ3) is 5.69. The number of rotatable bonds is 7. The van der Waals surface area contributed by atoms with Crippen LogP contribution in [-0.2, 0) is 11.2 Å². The summed E-state index contributed by atoms with van der Waals surface area (Å²) in [6.45, 7) is 2.17. The number of ketones is 1. The SMILES string of the molecule is CCCCCCC(=O)Cc1ccc(Br)cc1Cl. The first-order valence-corrected chi connectivity index (χ1v) is 7.26. The predicted octanol–water partition coefficient (Wildman–Crippen LogP) is 5.18. The van der Waals surface area contributed by atoms with Gasteiger partial charge in [0.15, 0.2) is 0 Å². The van der Waals surface area contributed by atoms with Gasteiger partial charge in [0.25, 0.3) is 0 Å². The minimum absolute atomic E-state index is 0.283. The molecule has 17 heavy (non-hydrogen) atoms. The number of benzene rings is 1. The number of carbonyl (C=O) groups is 1. The lowest BCUT2D eigenvalue weighted by molar-refractivity contribution is -0.118. The van der Waals surface area contributed by atoms with Gasteiger partial charge in [0.2, 0.25) is 0 Å². The molecule has 0 amide bonds. The van der Waals surface area contributed by atoms with Crippen molar-refractivity contribution in [2.24, 2.45) is 0 Å². The second-order valence-electron chi connectivity index (χ2n) is 4.26. The Kier molecular flexibility index (Phi) is 6.83. The van der Waals surface area contributed by atoms with Gasteiger partial charge in [-0.05, 0) is 24.1 Å². The van der Waals surface area contributed by atoms with E-state index in [2.05, 4.69) is 22.9 Å². The minimum atomic E-state index is 0.283. The van der Waals surface area contributed by atoms with Gasteiger partial charge in [-0.25, -0.2) is 0 Å². The molecule has 0 N–H and O–H groups in total. The standard InChI is InChI=1S/C14H18BrClO/c1-2-3-4-5-6-13(17)9-11-7-8-12(15)10-14(11)16/h7-8,10H,2-6,9H2,1H3. The third-order valence-corrected chi connectivity index (χ3v) is 3.56. The highest BCUT2D eigenvalue weighted by molar-refractivity contribution is 9.10. The van der Waals surface area contributed by atoms with Crippen molar-refractivity contribution in [1.29, 1.82) is 0 Å². The van der Waals surface area contributed by atoms with E-state index in [0.717, 1.165) is 22.9 Å². The molecule has 0 unspecified atom stereocenters. The zero-order valence-corrected chi connectivity index (χ0v) is 12.5. The zero-order chi connectivity index (χ0) is 12.7. The first kappa shape index (κ1) is 14.7. The van der Waals surface area contributed by atoms with Crippen LogP contribution in [0.3, 0.4) is 0 Å². The van der Waals surface area contributed by atoms with Gasteiger partial charge in [0, 0.05) is 22.3 Å². The Hall–Kier alpha value is -0.340. The van der Waals surface area contributed by atoms with Crippen molar-refractivity contribution in [2.45, 2.75) is 45.4 Å². The Bertz CT molecular complexity index is 376. The monoisotopic (exact) mass is 316 g/mol. The number of carbonyl (C=O) groups excluding carboxylic acids is 1. The number of halogens is 2. The molecule has 0 saturated heterocycles. The van der Waals surface area contributed by atoms with Crippen molar-refractivity contribution in [1.82, 2.24) is 0 Å². The molecular formula is C14H18BrClO. The number of hydrogen-bond donors (Lipinski definition) is 0. The van der Waals surface area contributed by atoms with E-state index in [9.17, 15) is 4.79 Å². The normalized spacial score (nSPS) is 10.5. The average molecular weight is 318 g/mol. The minimum Gasteiger partial charge on any atom is -0.299 e. The molecule has 0 radical (unpaired) electrons. The molecule has 0 bridgehead atoms. The summed E-state index contributed by atoms with van der Waals surface area (Å²) in [6, 6.07) is 5.67. The molecule has 0 aliphatic carbocycles. The highest BCUT2D eigenvalue weighted by Crippen LogP contribution is 2.22. The van der Waals surface area contributed by atoms with Gasteiger partial charge in [-0.2, -0.15) is 0 Å². The number of unbranched alkanes of at least 4 members (excludes halogenated alkanes) is 3. The Balaban J connectivity index is 2.40. The third-order valence-electron chi connectivity index (χ3n) is 2.71. The second kappa shape index (κ2) is 7.88. The fourth-order valence-corrected chi connectivity index (χ4v) is 2.46. The fraction of sp³-hybridized carbons (Fsp3) is 0.500. The lowest BCUT2D eigenvalue weighted by atomic mass is 10.0. The van der Waals surface area contributed by atoms with E-state index in [-0.39, 0.29) is 5.78 Å². The fourth-order valence-electron chi connectivity index (χ4n) is 1.71. The van der Waals surface area contributed by atoms with E-state index in [4.69, 9.17) is 11.6 Å². The van der Waals surface area contributed by atoms with Gasteiger partial charge in [-0.3, -0.25) is 4.79 Å². The van der Waals surface area contributed by atoms with Crippen molar-refractivity contribution >= 4 is 33.3 Å². The lowest BCUT2D eigenvalue weighted by Crippen LogP contribution is -2.03. The highest BCUT2D eigenvalue weighted by atomic mass is 79.9. The molecule has 0 heterocycles. The Morgan fingerprint density at radius 1 is 1.29 bits per heavy atom. The molecule has 0 fully saturated rings. The van der Waals surface area contributed by atoms with E-state index >= 15 is 0 Å². The Morgan fingerprint density at radius 3 is 2.71 bits per heavy atom. The van der Waals surface area contributed by atoms with Crippen LogP contribution in [0.25, 0.3) is 0 Å². The van der Waals surface area contributed by atoms with Gasteiger partial charge in [-0.15, -0.1) is 0 Å². The molecule has 0 atom stereocenters. The zero-order valence-electron chi connectivity index (χ0n) is 10.1. The summed E-state index contributed by atoms with van der Waals surface area (Å²) in [4.78, 5) is 11.7. The maximum absolute atomic E-state index is 11.7. The van der Waals surface area contributed by atoms with Gasteiger partial charge < -0.3 is 0 Å². The van der Waals surface area contributed by atoms with Crippen molar-refractivity contribution in [3.8, 4) is 0 Å². The van der Waals surface area contributed by atoms with Gasteiger partial charge in [0.05, 0.1) is 0 Å². The number of Topliss-reactive ketones (excluding diaryl/α,β-unsaturated/α-hetero) is 1. The highest BCUT2D eigenvalue weighted by Gasteiger charge is 2.07. The first-order valence-electron chi connectivity index (χ1n) is 6.09. The van der Waals surface area contributed by atoms with Crippen LogP contribution in [0.4, 0.5) is 0 Å². The molecule has 94 valence electrons. The molecule has 1 aromatic rings. The maximum Gasteiger partial charge on any atom is 0.137 e. The molecular weight excluding hydrogens is 300 g/mol. The molecule has 1 aromatic carbocycles. The molecule has 0 aliphatic heterocycles. The Labute approximate surface area is 117 Å². The molecule has 0 spiro atoms. The first-order chi connectivity index (χ1) is 8.13. The van der Waals surface area contributed by atoms with Gasteiger partial charge in [0.1, 0.15) is 5.78 Å². The molecule has 1 nitrogen and oxygen atoms in total. The summed E-state index contributed by atoms with van der Waals surface area (Å²) in [6.07, 6.45) is 5.70. The number of hydrogen-bond acceptors (Lipinski definition) is 1. The van der Waals surface area contributed by atoms with Gasteiger partial charge >= 0.3 is 0 Å². The largest absolute Gasteiger partial charge is 0.299 e. The summed E-state index contributed by atoms with van der Waals surface area (Å²) >= 11 is 9.43. The summed E-state index contributed by atoms with van der Waals surface area (Å²) in [5, 5.41) is 0.668. The van der Waals surface area contributed by atoms with E-state index in [0.29, 0.717) is 17.9 Å². The van der Waals surface area contributed by atoms with Crippen molar-refractivity contribution < 1.29 is 4.79 Å². The maximum atomic E-state index is 11.7. The smallest absolute Gasteiger partial charge is 0.137 e. The second-order valence-corrected chi connectivity index (χ2v) is 5.58. The molecule has 0 saturated carbocycles. The molecule has 0 aromatic heterocycles.